The molecule has 2 aliphatic rings. The summed E-state index contributed by atoms with van der Waals surface area (Å²) in [5.41, 5.74) is 2.01. The molecule has 0 aliphatic carbocycles. The number of hydrazine groups is 1. The SMILES string of the molecule is CN1CCN(N2CN=Cc3nc(Nc4ccccc4)sc32)CC1. The molecule has 1 fully saturated rings. The number of benzene rings is 1. The third-order valence-corrected chi connectivity index (χ3v) is 5.14. The van der Waals surface area contributed by atoms with Gasteiger partial charge in [-0.25, -0.2) is 9.99 Å². The van der Waals surface area contributed by atoms with Gasteiger partial charge in [-0.2, -0.15) is 0 Å². The van der Waals surface area contributed by atoms with E-state index < -0.39 is 0 Å². The van der Waals surface area contributed by atoms with Crippen LogP contribution < -0.4 is 10.3 Å². The van der Waals surface area contributed by atoms with Crippen molar-refractivity contribution in [1.29, 1.82) is 0 Å². The normalized spacial score (nSPS) is 18.9. The van der Waals surface area contributed by atoms with E-state index >= 15 is 0 Å². The van der Waals surface area contributed by atoms with Crippen LogP contribution in [0.25, 0.3) is 0 Å². The molecule has 1 aromatic carbocycles. The number of nitrogens with one attached hydrogen (secondary N) is 1. The van der Waals surface area contributed by atoms with Crippen LogP contribution in [0.1, 0.15) is 5.69 Å². The summed E-state index contributed by atoms with van der Waals surface area (Å²) in [6.07, 6.45) is 1.88. The summed E-state index contributed by atoms with van der Waals surface area (Å²) in [6, 6.07) is 10.2. The molecule has 4 rings (SSSR count). The monoisotopic (exact) mass is 328 g/mol. The van der Waals surface area contributed by atoms with E-state index in [9.17, 15) is 0 Å². The van der Waals surface area contributed by atoms with Crippen LogP contribution in [0.3, 0.4) is 0 Å². The second kappa shape index (κ2) is 6.27. The van der Waals surface area contributed by atoms with Gasteiger partial charge in [-0.1, -0.05) is 29.5 Å². The molecule has 0 amide bonds. The van der Waals surface area contributed by atoms with Crippen LogP contribution in [0.4, 0.5) is 15.8 Å². The van der Waals surface area contributed by atoms with E-state index in [-0.39, 0.29) is 0 Å². The number of aliphatic imine (C=N–C) groups is 1. The Morgan fingerprint density at radius 1 is 1.09 bits per heavy atom. The molecule has 23 heavy (non-hydrogen) atoms. The first kappa shape index (κ1) is 14.6. The Balaban J connectivity index is 1.55. The summed E-state index contributed by atoms with van der Waals surface area (Å²) in [4.78, 5) is 11.5. The number of anilines is 3. The minimum atomic E-state index is 0.684. The summed E-state index contributed by atoms with van der Waals surface area (Å²) in [6.45, 7) is 4.92. The van der Waals surface area contributed by atoms with Crippen molar-refractivity contribution in [1.82, 2.24) is 14.9 Å². The fourth-order valence-corrected chi connectivity index (χ4v) is 3.79. The highest BCUT2D eigenvalue weighted by Crippen LogP contribution is 2.35. The highest BCUT2D eigenvalue weighted by Gasteiger charge is 2.26. The third-order valence-electron chi connectivity index (χ3n) is 4.14. The zero-order valence-electron chi connectivity index (χ0n) is 13.1. The van der Waals surface area contributed by atoms with Crippen molar-refractivity contribution in [3.05, 3.63) is 36.0 Å². The second-order valence-corrected chi connectivity index (χ2v) is 6.79. The van der Waals surface area contributed by atoms with Crippen molar-refractivity contribution >= 4 is 33.4 Å². The fourth-order valence-electron chi connectivity index (χ4n) is 2.82. The average Bonchev–Trinajstić information content (AvgIpc) is 2.99. The zero-order valence-corrected chi connectivity index (χ0v) is 14.0. The van der Waals surface area contributed by atoms with Gasteiger partial charge in [0.25, 0.3) is 0 Å². The molecule has 0 radical (unpaired) electrons. The van der Waals surface area contributed by atoms with Crippen LogP contribution in [0.5, 0.6) is 0 Å². The lowest BCUT2D eigenvalue weighted by Crippen LogP contribution is -2.53. The first-order chi connectivity index (χ1) is 11.3. The van der Waals surface area contributed by atoms with Crippen molar-refractivity contribution in [3.63, 3.8) is 0 Å². The quantitative estimate of drug-likeness (QED) is 0.936. The van der Waals surface area contributed by atoms with Crippen molar-refractivity contribution in [2.24, 2.45) is 4.99 Å². The molecule has 7 heteroatoms. The highest BCUT2D eigenvalue weighted by atomic mass is 32.1. The van der Waals surface area contributed by atoms with Gasteiger partial charge in [0.1, 0.15) is 17.4 Å². The van der Waals surface area contributed by atoms with Crippen molar-refractivity contribution < 1.29 is 0 Å². The molecule has 1 N–H and O–H groups in total. The van der Waals surface area contributed by atoms with E-state index in [1.165, 1.54) is 5.00 Å². The number of likely N-dealkylation sites (N-methyl/N-ethyl adjacent to an activating group) is 1. The van der Waals surface area contributed by atoms with Gasteiger partial charge in [0.15, 0.2) is 5.13 Å². The van der Waals surface area contributed by atoms with Gasteiger partial charge < -0.3 is 10.2 Å². The molecule has 1 aromatic heterocycles. The minimum absolute atomic E-state index is 0.684. The van der Waals surface area contributed by atoms with Crippen LogP contribution in [-0.4, -0.2) is 61.0 Å². The predicted octanol–water partition coefficient (Wildman–Crippen LogP) is 2.25. The molecule has 0 bridgehead atoms. The van der Waals surface area contributed by atoms with Crippen LogP contribution in [0.2, 0.25) is 0 Å². The van der Waals surface area contributed by atoms with E-state index in [0.717, 1.165) is 42.7 Å². The van der Waals surface area contributed by atoms with Gasteiger partial charge in [0.2, 0.25) is 0 Å². The van der Waals surface area contributed by atoms with Crippen LogP contribution in [-0.2, 0) is 0 Å². The van der Waals surface area contributed by atoms with Gasteiger partial charge >= 0.3 is 0 Å². The number of rotatable bonds is 3. The molecule has 0 spiro atoms. The lowest BCUT2D eigenvalue weighted by Gasteiger charge is -2.40. The van der Waals surface area contributed by atoms with E-state index in [1.807, 2.05) is 36.5 Å². The fraction of sp³-hybridized carbons (Fsp3) is 0.375. The number of hydrogen-bond acceptors (Lipinski definition) is 7. The molecule has 2 aromatic rings. The zero-order chi connectivity index (χ0) is 15.6. The van der Waals surface area contributed by atoms with Crippen LogP contribution >= 0.6 is 11.3 Å². The maximum absolute atomic E-state index is 4.69. The second-order valence-electron chi connectivity index (χ2n) is 5.81. The lowest BCUT2D eigenvalue weighted by molar-refractivity contribution is 0.142. The Morgan fingerprint density at radius 3 is 2.65 bits per heavy atom. The molecule has 120 valence electrons. The molecule has 1 saturated heterocycles. The molecular formula is C16H20N6S. The standard InChI is InChI=1S/C16H20N6S/c1-20-7-9-21(10-8-20)22-12-17-11-14-15(22)23-16(19-14)18-13-5-3-2-4-6-13/h2-6,11H,7-10,12H2,1H3,(H,18,19). The molecular weight excluding hydrogens is 308 g/mol. The Bertz CT molecular complexity index is 690. The summed E-state index contributed by atoms with van der Waals surface area (Å²) >= 11 is 1.69. The molecule has 0 saturated carbocycles. The van der Waals surface area contributed by atoms with Crippen LogP contribution in [0.15, 0.2) is 35.3 Å². The van der Waals surface area contributed by atoms with Gasteiger partial charge in [0.05, 0.1) is 6.21 Å². The predicted molar refractivity (Wildman–Crippen MR) is 95.8 cm³/mol. The summed E-state index contributed by atoms with van der Waals surface area (Å²) in [5.74, 6) is 0. The van der Waals surface area contributed by atoms with E-state index in [2.05, 4.69) is 37.3 Å². The first-order valence-electron chi connectivity index (χ1n) is 7.83. The molecule has 0 atom stereocenters. The number of piperazine rings is 1. The van der Waals surface area contributed by atoms with Gasteiger partial charge in [-0.05, 0) is 19.2 Å². The molecule has 3 heterocycles. The Labute approximate surface area is 140 Å². The molecule has 6 nitrogen and oxygen atoms in total. The summed E-state index contributed by atoms with van der Waals surface area (Å²) in [7, 11) is 2.17. The van der Waals surface area contributed by atoms with E-state index in [4.69, 9.17) is 0 Å². The van der Waals surface area contributed by atoms with Crippen molar-refractivity contribution in [3.8, 4) is 0 Å². The minimum Gasteiger partial charge on any atom is -0.331 e. The number of thiazole rings is 1. The maximum Gasteiger partial charge on any atom is 0.189 e. The van der Waals surface area contributed by atoms with Gasteiger partial charge in [0, 0.05) is 31.9 Å². The molecule has 2 aliphatic heterocycles. The summed E-state index contributed by atoms with van der Waals surface area (Å²) in [5, 5.41) is 10.1. The Morgan fingerprint density at radius 2 is 1.87 bits per heavy atom. The first-order valence-corrected chi connectivity index (χ1v) is 8.65. The number of aromatic nitrogens is 1. The van der Waals surface area contributed by atoms with E-state index in [1.54, 1.807) is 11.3 Å². The average molecular weight is 328 g/mol. The number of para-hydroxylation sites is 1. The smallest absolute Gasteiger partial charge is 0.189 e. The number of fused-ring (bicyclic) bond motifs is 1. The van der Waals surface area contributed by atoms with Gasteiger partial charge in [-0.15, -0.1) is 0 Å². The number of nitrogens with zero attached hydrogens (tertiary/aromatic N) is 5. The highest BCUT2D eigenvalue weighted by molar-refractivity contribution is 7.19. The lowest BCUT2D eigenvalue weighted by atomic mass is 10.3. The Hall–Kier alpha value is -1.96. The van der Waals surface area contributed by atoms with Crippen molar-refractivity contribution in [2.45, 2.75) is 0 Å². The summed E-state index contributed by atoms with van der Waals surface area (Å²) < 4.78 is 0. The van der Waals surface area contributed by atoms with Crippen LogP contribution in [0, 0.1) is 0 Å². The Kier molecular flexibility index (Phi) is 3.99. The largest absolute Gasteiger partial charge is 0.331 e. The number of hydrogen-bond donors (Lipinski definition) is 1. The van der Waals surface area contributed by atoms with Gasteiger partial charge in [-0.3, -0.25) is 10.0 Å². The topological polar surface area (TPSA) is 47.0 Å². The molecule has 0 unspecified atom stereocenters. The van der Waals surface area contributed by atoms with Crippen molar-refractivity contribution in [2.75, 3.05) is 50.2 Å². The van der Waals surface area contributed by atoms with E-state index in [0.29, 0.717) is 6.67 Å². The maximum atomic E-state index is 4.69. The third kappa shape index (κ3) is 3.08.